The molecule has 0 aromatic heterocycles. The van der Waals surface area contributed by atoms with Gasteiger partial charge in [0.05, 0.1) is 17.3 Å². The molecule has 0 heterocycles. The molecule has 5 atom stereocenters. The highest BCUT2D eigenvalue weighted by atomic mass is 16.3. The van der Waals surface area contributed by atoms with Crippen LogP contribution in [0.1, 0.15) is 131 Å². The van der Waals surface area contributed by atoms with Gasteiger partial charge in [-0.25, -0.2) is 0 Å². The van der Waals surface area contributed by atoms with Crippen LogP contribution >= 0.6 is 0 Å². The predicted molar refractivity (Wildman–Crippen MR) is 147 cm³/mol. The van der Waals surface area contributed by atoms with E-state index in [0.29, 0.717) is 23.2 Å². The van der Waals surface area contributed by atoms with Crippen LogP contribution in [0.15, 0.2) is 23.3 Å². The van der Waals surface area contributed by atoms with Gasteiger partial charge in [-0.3, -0.25) is 0 Å². The van der Waals surface area contributed by atoms with Gasteiger partial charge < -0.3 is 15.3 Å². The summed E-state index contributed by atoms with van der Waals surface area (Å²) in [5.74, 6) is 2.40. The molecule has 0 saturated heterocycles. The smallest absolute Gasteiger partial charge is 0.0603 e. The second-order valence-electron chi connectivity index (χ2n) is 14.0. The van der Waals surface area contributed by atoms with E-state index in [9.17, 15) is 15.3 Å². The lowest BCUT2D eigenvalue weighted by atomic mass is 9.60. The van der Waals surface area contributed by atoms with Crippen molar-refractivity contribution >= 4 is 0 Å². The van der Waals surface area contributed by atoms with E-state index in [1.54, 1.807) is 5.57 Å². The van der Waals surface area contributed by atoms with Gasteiger partial charge in [0.15, 0.2) is 0 Å². The SMILES string of the molecule is CC1/C(=C\C=C2/CCCC3(C)C2CCC3C(CCCC(C)(C)O)CCCC(C)(C)O)CCC[C@@H]1O. The highest BCUT2D eigenvalue weighted by Gasteiger charge is 2.51. The summed E-state index contributed by atoms with van der Waals surface area (Å²) in [6, 6.07) is 0. The van der Waals surface area contributed by atoms with E-state index in [1.807, 2.05) is 27.7 Å². The van der Waals surface area contributed by atoms with E-state index < -0.39 is 11.2 Å². The maximum atomic E-state index is 10.3. The van der Waals surface area contributed by atoms with Gasteiger partial charge in [0.2, 0.25) is 0 Å². The highest BCUT2D eigenvalue weighted by Crippen LogP contribution is 2.60. The van der Waals surface area contributed by atoms with Gasteiger partial charge >= 0.3 is 0 Å². The number of aliphatic hydroxyl groups is 3. The Morgan fingerprint density at radius 2 is 1.46 bits per heavy atom. The van der Waals surface area contributed by atoms with Crippen LogP contribution in [0.2, 0.25) is 0 Å². The van der Waals surface area contributed by atoms with Crippen molar-refractivity contribution in [2.24, 2.45) is 29.1 Å². The first-order chi connectivity index (χ1) is 16.3. The molecule has 0 spiro atoms. The first-order valence-corrected chi connectivity index (χ1v) is 14.8. The van der Waals surface area contributed by atoms with Crippen LogP contribution in [0.4, 0.5) is 0 Å². The Morgan fingerprint density at radius 3 is 2.06 bits per heavy atom. The minimum Gasteiger partial charge on any atom is -0.393 e. The molecule has 3 fully saturated rings. The van der Waals surface area contributed by atoms with Crippen molar-refractivity contribution in [3.63, 3.8) is 0 Å². The molecule has 0 aliphatic heterocycles. The summed E-state index contributed by atoms with van der Waals surface area (Å²) in [5.41, 5.74) is 2.30. The van der Waals surface area contributed by atoms with Crippen LogP contribution in [-0.2, 0) is 0 Å². The zero-order valence-corrected chi connectivity index (χ0v) is 23.8. The lowest BCUT2D eigenvalue weighted by molar-refractivity contribution is 0.0480. The molecule has 3 aliphatic carbocycles. The summed E-state index contributed by atoms with van der Waals surface area (Å²) in [4.78, 5) is 0. The third-order valence-corrected chi connectivity index (χ3v) is 9.97. The molecule has 3 saturated carbocycles. The van der Waals surface area contributed by atoms with Gasteiger partial charge in [0.1, 0.15) is 0 Å². The first-order valence-electron chi connectivity index (χ1n) is 14.8. The molecule has 3 heteroatoms. The Kier molecular flexibility index (Phi) is 9.77. The zero-order valence-electron chi connectivity index (χ0n) is 23.8. The Morgan fingerprint density at radius 1 is 0.886 bits per heavy atom. The molecular weight excluding hydrogens is 432 g/mol. The molecule has 202 valence electrons. The van der Waals surface area contributed by atoms with Crippen molar-refractivity contribution in [3.8, 4) is 0 Å². The fraction of sp³-hybridized carbons (Fsp3) is 0.875. The Bertz CT molecular complexity index is 717. The quantitative estimate of drug-likeness (QED) is 0.295. The molecule has 0 amide bonds. The van der Waals surface area contributed by atoms with Crippen LogP contribution < -0.4 is 0 Å². The molecule has 4 unspecified atom stereocenters. The summed E-state index contributed by atoms with van der Waals surface area (Å²) in [6.07, 6.45) is 20.6. The Balaban J connectivity index is 1.75. The second-order valence-corrected chi connectivity index (χ2v) is 14.0. The maximum Gasteiger partial charge on any atom is 0.0603 e. The number of rotatable bonds is 10. The molecular formula is C32H56O3. The molecule has 3 aliphatic rings. The average molecular weight is 489 g/mol. The summed E-state index contributed by atoms with van der Waals surface area (Å²) in [5, 5.41) is 30.9. The van der Waals surface area contributed by atoms with E-state index in [1.165, 1.54) is 50.5 Å². The zero-order chi connectivity index (χ0) is 25.9. The average Bonchev–Trinajstić information content (AvgIpc) is 3.09. The third-order valence-electron chi connectivity index (χ3n) is 9.97. The molecule has 0 radical (unpaired) electrons. The third kappa shape index (κ3) is 7.92. The fourth-order valence-corrected chi connectivity index (χ4v) is 7.88. The van der Waals surface area contributed by atoms with E-state index in [0.717, 1.165) is 50.9 Å². The predicted octanol–water partition coefficient (Wildman–Crippen LogP) is 7.74. The lowest BCUT2D eigenvalue weighted by Gasteiger charge is -2.45. The van der Waals surface area contributed by atoms with Gasteiger partial charge in [-0.15, -0.1) is 0 Å². The van der Waals surface area contributed by atoms with Gasteiger partial charge in [0.25, 0.3) is 0 Å². The van der Waals surface area contributed by atoms with E-state index >= 15 is 0 Å². The van der Waals surface area contributed by atoms with Gasteiger partial charge in [-0.2, -0.15) is 0 Å². The topological polar surface area (TPSA) is 60.7 Å². The molecule has 3 rings (SSSR count). The first kappa shape index (κ1) is 28.9. The van der Waals surface area contributed by atoms with Crippen LogP contribution in [0.25, 0.3) is 0 Å². The number of fused-ring (bicyclic) bond motifs is 1. The molecule has 35 heavy (non-hydrogen) atoms. The van der Waals surface area contributed by atoms with E-state index in [2.05, 4.69) is 26.0 Å². The number of hydrogen-bond donors (Lipinski definition) is 3. The summed E-state index contributed by atoms with van der Waals surface area (Å²) >= 11 is 0. The summed E-state index contributed by atoms with van der Waals surface area (Å²) in [7, 11) is 0. The molecule has 0 bridgehead atoms. The monoisotopic (exact) mass is 488 g/mol. The molecule has 3 nitrogen and oxygen atoms in total. The number of hydrogen-bond acceptors (Lipinski definition) is 3. The van der Waals surface area contributed by atoms with E-state index in [-0.39, 0.29) is 6.10 Å². The normalized spacial score (nSPS) is 34.7. The molecule has 0 aromatic rings. The number of aliphatic hydroxyl groups excluding tert-OH is 1. The van der Waals surface area contributed by atoms with E-state index in [4.69, 9.17) is 0 Å². The molecule has 3 N–H and O–H groups in total. The van der Waals surface area contributed by atoms with Crippen molar-refractivity contribution in [1.82, 2.24) is 0 Å². The van der Waals surface area contributed by atoms with Gasteiger partial charge in [0, 0.05) is 5.92 Å². The summed E-state index contributed by atoms with van der Waals surface area (Å²) < 4.78 is 0. The van der Waals surface area contributed by atoms with Crippen LogP contribution in [-0.4, -0.2) is 32.6 Å². The minimum atomic E-state index is -0.585. The van der Waals surface area contributed by atoms with Crippen LogP contribution in [0.3, 0.4) is 0 Å². The van der Waals surface area contributed by atoms with Crippen molar-refractivity contribution in [2.45, 2.75) is 149 Å². The van der Waals surface area contributed by atoms with Gasteiger partial charge in [-0.05, 0) is 115 Å². The Labute approximate surface area is 216 Å². The summed E-state index contributed by atoms with van der Waals surface area (Å²) in [6.45, 7) is 12.5. The van der Waals surface area contributed by atoms with Crippen LogP contribution in [0.5, 0.6) is 0 Å². The number of allylic oxidation sites excluding steroid dienone is 3. The fourth-order valence-electron chi connectivity index (χ4n) is 7.88. The largest absolute Gasteiger partial charge is 0.393 e. The van der Waals surface area contributed by atoms with Crippen molar-refractivity contribution in [2.75, 3.05) is 0 Å². The van der Waals surface area contributed by atoms with Crippen molar-refractivity contribution in [1.29, 1.82) is 0 Å². The highest BCUT2D eigenvalue weighted by molar-refractivity contribution is 5.26. The maximum absolute atomic E-state index is 10.3. The lowest BCUT2D eigenvalue weighted by Crippen LogP contribution is -2.37. The molecule has 0 aromatic carbocycles. The minimum absolute atomic E-state index is 0.172. The Hall–Kier alpha value is -0.640. The second kappa shape index (κ2) is 11.8. The van der Waals surface area contributed by atoms with Crippen LogP contribution in [0, 0.1) is 29.1 Å². The standard InChI is InChI=1S/C32H56O3/c1-23-24(11-7-15-29(23)33)16-17-26-14-10-22-32(6)27(18-19-28(26)32)25(12-8-20-30(2,3)34)13-9-21-31(4,5)35/h16-17,23,25,27-29,33-35H,7-15,18-22H2,1-6H3/b24-16-,26-17+/t23?,27?,28?,29-,32?/m0/s1. The van der Waals surface area contributed by atoms with Crippen molar-refractivity contribution in [3.05, 3.63) is 23.3 Å². The van der Waals surface area contributed by atoms with Crippen molar-refractivity contribution < 1.29 is 15.3 Å². The van der Waals surface area contributed by atoms with Gasteiger partial charge in [-0.1, -0.05) is 62.8 Å².